The molecular formula is C14H17NOS. The monoisotopic (exact) mass is 247 g/mol. The molecule has 1 N–H and O–H groups in total. The number of unbranched alkanes of at least 4 members (excludes halogenated alkanes) is 1. The van der Waals surface area contributed by atoms with Crippen molar-refractivity contribution in [1.29, 1.82) is 5.26 Å². The van der Waals surface area contributed by atoms with E-state index in [-0.39, 0.29) is 6.61 Å². The van der Waals surface area contributed by atoms with E-state index in [0.717, 1.165) is 22.6 Å². The molecule has 0 aliphatic carbocycles. The van der Waals surface area contributed by atoms with Crippen molar-refractivity contribution >= 4 is 17.8 Å². The number of hydrogen-bond donors (Lipinski definition) is 1. The van der Waals surface area contributed by atoms with Crippen molar-refractivity contribution in [3.63, 3.8) is 0 Å². The highest BCUT2D eigenvalue weighted by Gasteiger charge is 1.98. The number of aliphatic hydroxyl groups excluding tert-OH is 1. The highest BCUT2D eigenvalue weighted by molar-refractivity contribution is 8.03. The van der Waals surface area contributed by atoms with Crippen molar-refractivity contribution in [2.75, 3.05) is 12.4 Å². The van der Waals surface area contributed by atoms with E-state index in [0.29, 0.717) is 5.56 Å². The van der Waals surface area contributed by atoms with Crippen LogP contribution >= 0.6 is 11.8 Å². The summed E-state index contributed by atoms with van der Waals surface area (Å²) in [5.74, 6) is 1.04. The molecule has 0 spiro atoms. The molecule has 0 atom stereocenters. The largest absolute Gasteiger partial charge is 0.391 e. The van der Waals surface area contributed by atoms with Crippen molar-refractivity contribution < 1.29 is 5.11 Å². The summed E-state index contributed by atoms with van der Waals surface area (Å²) in [5.41, 5.74) is 1.68. The van der Waals surface area contributed by atoms with E-state index in [9.17, 15) is 5.11 Å². The number of nitriles is 1. The van der Waals surface area contributed by atoms with Gasteiger partial charge in [0.1, 0.15) is 0 Å². The van der Waals surface area contributed by atoms with Crippen molar-refractivity contribution in [1.82, 2.24) is 0 Å². The van der Waals surface area contributed by atoms with E-state index in [1.807, 2.05) is 18.2 Å². The molecule has 0 radical (unpaired) electrons. The summed E-state index contributed by atoms with van der Waals surface area (Å²) >= 11 is 1.70. The molecule has 0 amide bonds. The zero-order valence-electron chi connectivity index (χ0n) is 10.0. The lowest BCUT2D eigenvalue weighted by Gasteiger charge is -2.03. The SMILES string of the molecule is CCCCS/C(=C\c1ccc(C#N)cc1)CO. The normalized spacial score (nSPS) is 11.2. The van der Waals surface area contributed by atoms with Gasteiger partial charge in [-0.05, 0) is 35.9 Å². The Morgan fingerprint density at radius 2 is 2.12 bits per heavy atom. The van der Waals surface area contributed by atoms with Gasteiger partial charge in [0, 0.05) is 4.91 Å². The fourth-order valence-electron chi connectivity index (χ4n) is 1.32. The minimum Gasteiger partial charge on any atom is -0.391 e. The maximum atomic E-state index is 9.25. The van der Waals surface area contributed by atoms with Gasteiger partial charge in [0.2, 0.25) is 0 Å². The number of aliphatic hydroxyl groups is 1. The second-order valence-corrected chi connectivity index (χ2v) is 4.93. The Morgan fingerprint density at radius 3 is 2.65 bits per heavy atom. The Hall–Kier alpha value is -1.24. The van der Waals surface area contributed by atoms with Crippen LogP contribution in [0, 0.1) is 11.3 Å². The van der Waals surface area contributed by atoms with E-state index >= 15 is 0 Å². The smallest absolute Gasteiger partial charge is 0.0991 e. The van der Waals surface area contributed by atoms with Crippen molar-refractivity contribution in [2.45, 2.75) is 19.8 Å². The summed E-state index contributed by atoms with van der Waals surface area (Å²) < 4.78 is 0. The zero-order valence-corrected chi connectivity index (χ0v) is 10.8. The molecule has 0 saturated carbocycles. The molecular weight excluding hydrogens is 230 g/mol. The highest BCUT2D eigenvalue weighted by Crippen LogP contribution is 2.20. The molecule has 0 unspecified atom stereocenters. The van der Waals surface area contributed by atoms with Crippen molar-refractivity contribution in [2.24, 2.45) is 0 Å². The highest BCUT2D eigenvalue weighted by atomic mass is 32.2. The van der Waals surface area contributed by atoms with Crippen LogP contribution < -0.4 is 0 Å². The Bertz CT molecular complexity index is 403. The van der Waals surface area contributed by atoms with Crippen LogP contribution in [0.15, 0.2) is 29.2 Å². The third kappa shape index (κ3) is 5.08. The first kappa shape index (κ1) is 13.8. The van der Waals surface area contributed by atoms with Gasteiger partial charge in [-0.1, -0.05) is 25.5 Å². The molecule has 0 fully saturated rings. The van der Waals surface area contributed by atoms with E-state index in [2.05, 4.69) is 13.0 Å². The van der Waals surface area contributed by atoms with Gasteiger partial charge in [0.05, 0.1) is 18.2 Å². The van der Waals surface area contributed by atoms with Crippen molar-refractivity contribution in [3.05, 3.63) is 40.3 Å². The first-order chi connectivity index (χ1) is 8.30. The van der Waals surface area contributed by atoms with Crippen LogP contribution in [0.25, 0.3) is 6.08 Å². The second kappa shape index (κ2) is 7.94. The lowest BCUT2D eigenvalue weighted by molar-refractivity contribution is 0.340. The number of rotatable bonds is 6. The molecule has 2 nitrogen and oxygen atoms in total. The molecule has 90 valence electrons. The van der Waals surface area contributed by atoms with E-state index in [1.54, 1.807) is 23.9 Å². The third-order valence-corrected chi connectivity index (χ3v) is 3.42. The van der Waals surface area contributed by atoms with Gasteiger partial charge in [-0.15, -0.1) is 11.8 Å². The van der Waals surface area contributed by atoms with Crippen LogP contribution in [-0.4, -0.2) is 17.5 Å². The lowest BCUT2D eigenvalue weighted by Crippen LogP contribution is -1.88. The average molecular weight is 247 g/mol. The molecule has 0 bridgehead atoms. The molecule has 0 aliphatic rings. The number of benzene rings is 1. The minimum absolute atomic E-state index is 0.0778. The van der Waals surface area contributed by atoms with Gasteiger partial charge in [-0.25, -0.2) is 0 Å². The molecule has 17 heavy (non-hydrogen) atoms. The topological polar surface area (TPSA) is 44.0 Å². The maximum absolute atomic E-state index is 9.25. The second-order valence-electron chi connectivity index (χ2n) is 3.70. The van der Waals surface area contributed by atoms with Gasteiger partial charge in [-0.2, -0.15) is 5.26 Å². The maximum Gasteiger partial charge on any atom is 0.0991 e. The van der Waals surface area contributed by atoms with E-state index in [4.69, 9.17) is 5.26 Å². The van der Waals surface area contributed by atoms with E-state index < -0.39 is 0 Å². The van der Waals surface area contributed by atoms with Crippen LogP contribution in [0.2, 0.25) is 0 Å². The third-order valence-electron chi connectivity index (χ3n) is 2.31. The average Bonchev–Trinajstić information content (AvgIpc) is 2.38. The summed E-state index contributed by atoms with van der Waals surface area (Å²) in [7, 11) is 0. The Kier molecular flexibility index (Phi) is 6.46. The fourth-order valence-corrected chi connectivity index (χ4v) is 2.33. The standard InChI is InChI=1S/C14H17NOS/c1-2-3-8-17-14(11-16)9-12-4-6-13(10-15)7-5-12/h4-7,9,16H,2-3,8,11H2,1H3/b14-9-. The lowest BCUT2D eigenvalue weighted by atomic mass is 10.1. The summed E-state index contributed by atoms with van der Waals surface area (Å²) in [6.07, 6.45) is 4.30. The predicted molar refractivity (Wildman–Crippen MR) is 73.6 cm³/mol. The number of hydrogen-bond acceptors (Lipinski definition) is 3. The summed E-state index contributed by atoms with van der Waals surface area (Å²) in [5, 5.41) is 17.9. The van der Waals surface area contributed by atoms with Crippen LogP contribution in [0.3, 0.4) is 0 Å². The summed E-state index contributed by atoms with van der Waals surface area (Å²) in [6, 6.07) is 9.46. The van der Waals surface area contributed by atoms with Crippen LogP contribution in [0.4, 0.5) is 0 Å². The van der Waals surface area contributed by atoms with Gasteiger partial charge < -0.3 is 5.11 Å². The van der Waals surface area contributed by atoms with Gasteiger partial charge in [-0.3, -0.25) is 0 Å². The fraction of sp³-hybridized carbons (Fsp3) is 0.357. The number of nitrogens with zero attached hydrogens (tertiary/aromatic N) is 1. The molecule has 0 aliphatic heterocycles. The van der Waals surface area contributed by atoms with Crippen LogP contribution in [0.5, 0.6) is 0 Å². The molecule has 3 heteroatoms. The van der Waals surface area contributed by atoms with Gasteiger partial charge in [0.15, 0.2) is 0 Å². The molecule has 1 aromatic rings. The number of thioether (sulfide) groups is 1. The Balaban J connectivity index is 2.66. The van der Waals surface area contributed by atoms with E-state index in [1.165, 1.54) is 6.42 Å². The predicted octanol–water partition coefficient (Wildman–Crippen LogP) is 3.42. The van der Waals surface area contributed by atoms with Gasteiger partial charge in [0.25, 0.3) is 0 Å². The first-order valence-corrected chi connectivity index (χ1v) is 6.73. The van der Waals surface area contributed by atoms with Crippen LogP contribution in [-0.2, 0) is 0 Å². The first-order valence-electron chi connectivity index (χ1n) is 5.74. The molecule has 0 saturated heterocycles. The summed E-state index contributed by atoms with van der Waals surface area (Å²) in [6.45, 7) is 2.23. The minimum atomic E-state index is 0.0778. The Morgan fingerprint density at radius 1 is 1.41 bits per heavy atom. The zero-order chi connectivity index (χ0) is 12.5. The Labute approximate surface area is 107 Å². The quantitative estimate of drug-likeness (QED) is 0.783. The molecule has 1 aromatic carbocycles. The molecule has 0 aromatic heterocycles. The van der Waals surface area contributed by atoms with Crippen molar-refractivity contribution in [3.8, 4) is 6.07 Å². The molecule has 1 rings (SSSR count). The summed E-state index contributed by atoms with van der Waals surface area (Å²) in [4.78, 5) is 0.975. The van der Waals surface area contributed by atoms with Crippen LogP contribution in [0.1, 0.15) is 30.9 Å². The van der Waals surface area contributed by atoms with Gasteiger partial charge >= 0.3 is 0 Å². The molecule has 0 heterocycles.